The zero-order valence-electron chi connectivity index (χ0n) is 13.6. The minimum atomic E-state index is -0.707. The third-order valence-electron chi connectivity index (χ3n) is 3.75. The van der Waals surface area contributed by atoms with Gasteiger partial charge in [-0.3, -0.25) is 9.59 Å². The lowest BCUT2D eigenvalue weighted by atomic mass is 10.1. The quantitative estimate of drug-likeness (QED) is 0.677. The summed E-state index contributed by atoms with van der Waals surface area (Å²) in [4.78, 5) is 27.3. The van der Waals surface area contributed by atoms with Gasteiger partial charge in [-0.05, 0) is 18.2 Å². The molecule has 1 aromatic heterocycles. The molecular formula is C18H16N2O5. The Morgan fingerprint density at radius 2 is 1.72 bits per heavy atom. The third-order valence-corrected chi connectivity index (χ3v) is 3.75. The van der Waals surface area contributed by atoms with Crippen molar-refractivity contribution in [2.75, 3.05) is 19.5 Å². The first-order chi connectivity index (χ1) is 12.0. The molecule has 2 aromatic carbocycles. The summed E-state index contributed by atoms with van der Waals surface area (Å²) in [7, 11) is 2.92. The number of aromatic amines is 1. The van der Waals surface area contributed by atoms with Crippen LogP contribution in [-0.4, -0.2) is 30.2 Å². The number of para-hydroxylation sites is 1. The second kappa shape index (κ2) is 6.56. The summed E-state index contributed by atoms with van der Waals surface area (Å²) < 4.78 is 10.4. The van der Waals surface area contributed by atoms with Crippen LogP contribution in [0.2, 0.25) is 0 Å². The number of aromatic nitrogens is 1. The summed E-state index contributed by atoms with van der Waals surface area (Å²) in [6.07, 6.45) is 0. The van der Waals surface area contributed by atoms with Gasteiger partial charge >= 0.3 is 0 Å². The molecule has 1 amide bonds. The Labute approximate surface area is 142 Å². The van der Waals surface area contributed by atoms with Crippen molar-refractivity contribution >= 4 is 22.5 Å². The Morgan fingerprint density at radius 3 is 2.36 bits per heavy atom. The zero-order valence-corrected chi connectivity index (χ0v) is 13.6. The van der Waals surface area contributed by atoms with Gasteiger partial charge in [0.1, 0.15) is 11.3 Å². The number of pyridine rings is 1. The fourth-order valence-electron chi connectivity index (χ4n) is 2.53. The number of anilines is 1. The first-order valence-corrected chi connectivity index (χ1v) is 7.42. The lowest BCUT2D eigenvalue weighted by molar-refractivity contribution is 0.102. The summed E-state index contributed by atoms with van der Waals surface area (Å²) in [5, 5.41) is 13.3. The maximum atomic E-state index is 12.4. The van der Waals surface area contributed by atoms with Crippen molar-refractivity contribution in [3.63, 3.8) is 0 Å². The van der Waals surface area contributed by atoms with Gasteiger partial charge < -0.3 is 24.9 Å². The van der Waals surface area contributed by atoms with E-state index in [0.29, 0.717) is 22.7 Å². The molecule has 0 fully saturated rings. The highest BCUT2D eigenvalue weighted by Gasteiger charge is 2.21. The highest BCUT2D eigenvalue weighted by Crippen LogP contribution is 2.35. The van der Waals surface area contributed by atoms with Crippen molar-refractivity contribution in [3.05, 3.63) is 58.4 Å². The summed E-state index contributed by atoms with van der Waals surface area (Å²) >= 11 is 0. The number of H-pyrrole nitrogens is 1. The SMILES string of the molecule is COc1cc2[nH]c(=O)c(C(=O)Nc3ccccc3)c(O)c2cc1OC. The largest absolute Gasteiger partial charge is 0.506 e. The van der Waals surface area contributed by atoms with Gasteiger partial charge in [-0.25, -0.2) is 0 Å². The van der Waals surface area contributed by atoms with Crippen molar-refractivity contribution in [3.8, 4) is 17.2 Å². The van der Waals surface area contributed by atoms with Gasteiger partial charge in [-0.1, -0.05) is 18.2 Å². The number of rotatable bonds is 4. The van der Waals surface area contributed by atoms with Crippen LogP contribution in [0, 0.1) is 0 Å². The van der Waals surface area contributed by atoms with Gasteiger partial charge in [0.05, 0.1) is 19.7 Å². The van der Waals surface area contributed by atoms with Gasteiger partial charge in [0.25, 0.3) is 11.5 Å². The fraction of sp³-hybridized carbons (Fsp3) is 0.111. The highest BCUT2D eigenvalue weighted by molar-refractivity contribution is 6.09. The third kappa shape index (κ3) is 2.99. The highest BCUT2D eigenvalue weighted by atomic mass is 16.5. The molecule has 1 heterocycles. The van der Waals surface area contributed by atoms with Crippen LogP contribution in [0.3, 0.4) is 0 Å². The number of aromatic hydroxyl groups is 1. The number of ether oxygens (including phenoxy) is 2. The van der Waals surface area contributed by atoms with Gasteiger partial charge in [0.15, 0.2) is 11.5 Å². The first-order valence-electron chi connectivity index (χ1n) is 7.42. The maximum Gasteiger partial charge on any atom is 0.265 e. The van der Waals surface area contributed by atoms with E-state index in [1.54, 1.807) is 30.3 Å². The van der Waals surface area contributed by atoms with E-state index in [9.17, 15) is 14.7 Å². The van der Waals surface area contributed by atoms with E-state index in [2.05, 4.69) is 10.3 Å². The van der Waals surface area contributed by atoms with Crippen LogP contribution in [0.25, 0.3) is 10.9 Å². The van der Waals surface area contributed by atoms with E-state index in [4.69, 9.17) is 9.47 Å². The van der Waals surface area contributed by atoms with Crippen LogP contribution in [0.1, 0.15) is 10.4 Å². The van der Waals surface area contributed by atoms with Crippen LogP contribution in [0.15, 0.2) is 47.3 Å². The van der Waals surface area contributed by atoms with E-state index >= 15 is 0 Å². The van der Waals surface area contributed by atoms with Crippen molar-refractivity contribution < 1.29 is 19.4 Å². The number of hydrogen-bond donors (Lipinski definition) is 3. The Kier molecular flexibility index (Phi) is 4.30. The van der Waals surface area contributed by atoms with Gasteiger partial charge in [0.2, 0.25) is 0 Å². The topological polar surface area (TPSA) is 101 Å². The molecule has 0 radical (unpaired) electrons. The molecule has 0 aliphatic carbocycles. The predicted molar refractivity (Wildman–Crippen MR) is 93.7 cm³/mol. The molecule has 128 valence electrons. The summed E-state index contributed by atoms with van der Waals surface area (Å²) in [5.74, 6) is -0.368. The molecule has 0 aliphatic rings. The average molecular weight is 340 g/mol. The van der Waals surface area contributed by atoms with Gasteiger partial charge in [-0.15, -0.1) is 0 Å². The second-order valence-electron chi connectivity index (χ2n) is 5.25. The van der Waals surface area contributed by atoms with E-state index in [1.165, 1.54) is 26.4 Å². The second-order valence-corrected chi connectivity index (χ2v) is 5.25. The fourth-order valence-corrected chi connectivity index (χ4v) is 2.53. The Balaban J connectivity index is 2.12. The van der Waals surface area contributed by atoms with Crippen LogP contribution in [0.4, 0.5) is 5.69 Å². The molecule has 0 saturated carbocycles. The van der Waals surface area contributed by atoms with E-state index in [-0.39, 0.29) is 10.9 Å². The number of nitrogens with one attached hydrogen (secondary N) is 2. The molecule has 0 unspecified atom stereocenters. The van der Waals surface area contributed by atoms with Crippen molar-refractivity contribution in [2.45, 2.75) is 0 Å². The minimum absolute atomic E-state index is 0.274. The molecule has 3 N–H and O–H groups in total. The molecule has 0 aliphatic heterocycles. The number of carbonyl (C=O) groups excluding carboxylic acids is 1. The van der Waals surface area contributed by atoms with Crippen LogP contribution in [-0.2, 0) is 0 Å². The Hall–Kier alpha value is -3.48. The van der Waals surface area contributed by atoms with Crippen LogP contribution in [0.5, 0.6) is 17.2 Å². The molecule has 3 rings (SSSR count). The molecule has 0 saturated heterocycles. The van der Waals surface area contributed by atoms with Crippen molar-refractivity contribution in [1.82, 2.24) is 4.98 Å². The average Bonchev–Trinajstić information content (AvgIpc) is 2.61. The smallest absolute Gasteiger partial charge is 0.265 e. The lowest BCUT2D eigenvalue weighted by Crippen LogP contribution is -2.23. The lowest BCUT2D eigenvalue weighted by Gasteiger charge is -2.12. The monoisotopic (exact) mass is 340 g/mol. The first kappa shape index (κ1) is 16.4. The number of hydrogen-bond acceptors (Lipinski definition) is 5. The van der Waals surface area contributed by atoms with Crippen molar-refractivity contribution in [1.29, 1.82) is 0 Å². The molecule has 0 spiro atoms. The summed E-state index contributed by atoms with van der Waals surface area (Å²) in [6.45, 7) is 0. The van der Waals surface area contributed by atoms with E-state index < -0.39 is 17.2 Å². The molecular weight excluding hydrogens is 324 g/mol. The molecule has 25 heavy (non-hydrogen) atoms. The maximum absolute atomic E-state index is 12.4. The summed E-state index contributed by atoms with van der Waals surface area (Å²) in [6, 6.07) is 11.7. The van der Waals surface area contributed by atoms with Crippen molar-refractivity contribution in [2.24, 2.45) is 0 Å². The standard InChI is InChI=1S/C18H16N2O5/c1-24-13-8-11-12(9-14(13)25-2)20-18(23)15(16(11)21)17(22)19-10-6-4-3-5-7-10/h3-9H,1-2H3,(H,19,22)(H2,20,21,23). The van der Waals surface area contributed by atoms with Gasteiger partial charge in [-0.2, -0.15) is 0 Å². The summed E-state index contributed by atoms with van der Waals surface area (Å²) in [5.41, 5.74) is -0.232. The predicted octanol–water partition coefficient (Wildman–Crippen LogP) is 2.50. The zero-order chi connectivity index (χ0) is 18.0. The normalized spacial score (nSPS) is 10.5. The molecule has 0 atom stereocenters. The molecule has 7 nitrogen and oxygen atoms in total. The number of benzene rings is 2. The van der Waals surface area contributed by atoms with E-state index in [1.807, 2.05) is 0 Å². The molecule has 0 bridgehead atoms. The Bertz CT molecular complexity index is 996. The van der Waals surface area contributed by atoms with Crippen LogP contribution < -0.4 is 20.3 Å². The van der Waals surface area contributed by atoms with E-state index in [0.717, 1.165) is 0 Å². The van der Waals surface area contributed by atoms with Crippen LogP contribution >= 0.6 is 0 Å². The molecule has 3 aromatic rings. The van der Waals surface area contributed by atoms with Gasteiger partial charge in [0, 0.05) is 17.1 Å². The Morgan fingerprint density at radius 1 is 1.08 bits per heavy atom. The number of methoxy groups -OCH3 is 2. The molecule has 7 heteroatoms. The number of fused-ring (bicyclic) bond motifs is 1. The number of amides is 1. The number of carbonyl (C=O) groups is 1. The minimum Gasteiger partial charge on any atom is -0.506 e.